The number of piperidine rings is 1. The van der Waals surface area contributed by atoms with E-state index in [0.29, 0.717) is 18.1 Å². The van der Waals surface area contributed by atoms with Crippen LogP contribution in [-0.2, 0) is 9.53 Å². The lowest BCUT2D eigenvalue weighted by atomic mass is 9.94. The van der Waals surface area contributed by atoms with Crippen molar-refractivity contribution < 1.29 is 36.1 Å². The van der Waals surface area contributed by atoms with Crippen molar-refractivity contribution in [3.63, 3.8) is 0 Å². The number of quaternary nitrogens is 1. The van der Waals surface area contributed by atoms with Crippen molar-refractivity contribution in [3.8, 4) is 0 Å². The number of benzene rings is 1. The van der Waals surface area contributed by atoms with Gasteiger partial charge in [0.1, 0.15) is 12.0 Å². The zero-order valence-corrected chi connectivity index (χ0v) is 17.0. The molecule has 2 fully saturated rings. The van der Waals surface area contributed by atoms with E-state index in [1.807, 2.05) is 30.3 Å². The minimum absolute atomic E-state index is 0. The van der Waals surface area contributed by atoms with Crippen molar-refractivity contribution in [2.75, 3.05) is 13.7 Å². The SMILES string of the molecule is CC(C)[N+]1(C)[C@@H]2CC[C@@H]1CC(OC(=O)[C@@H](CO)c1ccccc1)C2.[Br-]. The molecule has 5 heteroatoms. The summed E-state index contributed by atoms with van der Waals surface area (Å²) >= 11 is 0. The summed E-state index contributed by atoms with van der Waals surface area (Å²) in [6.45, 7) is 4.39. The largest absolute Gasteiger partial charge is 1.00 e. The van der Waals surface area contributed by atoms with Gasteiger partial charge in [-0.25, -0.2) is 0 Å². The van der Waals surface area contributed by atoms with Crippen LogP contribution in [0.4, 0.5) is 0 Å². The fraction of sp³-hybridized carbons (Fsp3) is 0.650. The van der Waals surface area contributed by atoms with Crippen molar-refractivity contribution in [2.45, 2.75) is 69.7 Å². The maximum Gasteiger partial charge on any atom is 0.316 e. The lowest BCUT2D eigenvalue weighted by molar-refractivity contribution is -0.968. The van der Waals surface area contributed by atoms with Crippen LogP contribution in [-0.4, -0.2) is 53.4 Å². The van der Waals surface area contributed by atoms with Gasteiger partial charge in [0.05, 0.1) is 31.8 Å². The molecule has 1 aromatic rings. The molecule has 0 aromatic heterocycles. The van der Waals surface area contributed by atoms with Gasteiger partial charge < -0.3 is 31.3 Å². The Balaban J connectivity index is 0.00000225. The smallest absolute Gasteiger partial charge is 0.316 e. The zero-order valence-electron chi connectivity index (χ0n) is 15.4. The fourth-order valence-corrected chi connectivity index (χ4v) is 4.82. The monoisotopic (exact) mass is 411 g/mol. The van der Waals surface area contributed by atoms with Crippen molar-refractivity contribution in [3.05, 3.63) is 35.9 Å². The summed E-state index contributed by atoms with van der Waals surface area (Å²) in [6.07, 6.45) is 4.36. The van der Waals surface area contributed by atoms with E-state index < -0.39 is 5.92 Å². The van der Waals surface area contributed by atoms with E-state index in [1.54, 1.807) is 0 Å². The number of hydrogen-bond donors (Lipinski definition) is 1. The Morgan fingerprint density at radius 2 is 1.76 bits per heavy atom. The van der Waals surface area contributed by atoms with E-state index in [0.717, 1.165) is 22.9 Å². The third-order valence-electron chi connectivity index (χ3n) is 6.54. The number of halogens is 1. The van der Waals surface area contributed by atoms with Crippen LogP contribution >= 0.6 is 0 Å². The number of hydrogen-bond acceptors (Lipinski definition) is 3. The molecular weight excluding hydrogens is 382 g/mol. The predicted octanol–water partition coefficient (Wildman–Crippen LogP) is -0.142. The molecule has 0 spiro atoms. The highest BCUT2D eigenvalue weighted by Crippen LogP contribution is 2.44. The van der Waals surface area contributed by atoms with Gasteiger partial charge in [0, 0.05) is 25.7 Å². The first kappa shape index (κ1) is 20.4. The lowest BCUT2D eigenvalue weighted by Crippen LogP contribution is -3.00. The molecule has 0 unspecified atom stereocenters. The Morgan fingerprint density at radius 1 is 1.20 bits per heavy atom. The average Bonchev–Trinajstić information content (AvgIpc) is 2.74. The first-order valence-corrected chi connectivity index (χ1v) is 9.18. The van der Waals surface area contributed by atoms with Crippen LogP contribution in [0, 0.1) is 0 Å². The summed E-state index contributed by atoms with van der Waals surface area (Å²) in [4.78, 5) is 12.6. The van der Waals surface area contributed by atoms with E-state index in [1.165, 1.54) is 12.8 Å². The molecular formula is C20H30BrNO3. The van der Waals surface area contributed by atoms with Gasteiger partial charge in [-0.2, -0.15) is 0 Å². The number of rotatable bonds is 5. The van der Waals surface area contributed by atoms with Crippen molar-refractivity contribution >= 4 is 5.97 Å². The number of ether oxygens (including phenoxy) is 1. The van der Waals surface area contributed by atoms with Gasteiger partial charge in [0.15, 0.2) is 0 Å². The summed E-state index contributed by atoms with van der Waals surface area (Å²) in [5.41, 5.74) is 0.826. The van der Waals surface area contributed by atoms with Gasteiger partial charge in [0.25, 0.3) is 0 Å². The van der Waals surface area contributed by atoms with Crippen molar-refractivity contribution in [1.29, 1.82) is 0 Å². The zero-order chi connectivity index (χ0) is 17.3. The number of fused-ring (bicyclic) bond motifs is 2. The number of esters is 1. The molecule has 4 nitrogen and oxygen atoms in total. The first-order chi connectivity index (χ1) is 11.5. The average molecular weight is 412 g/mol. The molecule has 3 rings (SSSR count). The van der Waals surface area contributed by atoms with Crippen LogP contribution in [0.25, 0.3) is 0 Å². The maximum absolute atomic E-state index is 12.6. The number of carbonyl (C=O) groups is 1. The van der Waals surface area contributed by atoms with Crippen LogP contribution in [0.1, 0.15) is 51.0 Å². The Bertz CT molecular complexity index is 564. The topological polar surface area (TPSA) is 46.5 Å². The van der Waals surface area contributed by atoms with Crippen LogP contribution in [0.5, 0.6) is 0 Å². The van der Waals surface area contributed by atoms with Gasteiger partial charge in [-0.3, -0.25) is 4.79 Å². The van der Waals surface area contributed by atoms with E-state index in [-0.39, 0.29) is 35.7 Å². The highest BCUT2D eigenvalue weighted by molar-refractivity contribution is 5.78. The molecule has 2 aliphatic heterocycles. The van der Waals surface area contributed by atoms with E-state index in [9.17, 15) is 9.90 Å². The lowest BCUT2D eigenvalue weighted by Gasteiger charge is -2.49. The number of aliphatic hydroxyl groups excluding tert-OH is 1. The Morgan fingerprint density at radius 3 is 2.24 bits per heavy atom. The molecule has 2 heterocycles. The summed E-state index contributed by atoms with van der Waals surface area (Å²) < 4.78 is 6.96. The quantitative estimate of drug-likeness (QED) is 0.541. The summed E-state index contributed by atoms with van der Waals surface area (Å²) in [6, 6.07) is 11.2. The number of aliphatic hydroxyl groups is 1. The van der Waals surface area contributed by atoms with Crippen molar-refractivity contribution in [2.24, 2.45) is 0 Å². The summed E-state index contributed by atoms with van der Waals surface area (Å²) in [5.74, 6) is -0.856. The highest BCUT2D eigenvalue weighted by Gasteiger charge is 2.53. The molecule has 0 amide bonds. The van der Waals surface area contributed by atoms with Crippen LogP contribution < -0.4 is 17.0 Å². The predicted molar refractivity (Wildman–Crippen MR) is 93.5 cm³/mol. The van der Waals surface area contributed by atoms with Crippen LogP contribution in [0.3, 0.4) is 0 Å². The normalized spacial score (nSPS) is 32.1. The van der Waals surface area contributed by atoms with Gasteiger partial charge in [0.2, 0.25) is 0 Å². The fourth-order valence-electron chi connectivity index (χ4n) is 4.82. The van der Waals surface area contributed by atoms with Gasteiger partial charge in [-0.1, -0.05) is 30.3 Å². The Labute approximate surface area is 161 Å². The molecule has 2 aliphatic rings. The maximum atomic E-state index is 12.6. The van der Waals surface area contributed by atoms with Gasteiger partial charge in [-0.15, -0.1) is 0 Å². The molecule has 0 aliphatic carbocycles. The standard InChI is InChI=1S/C20H30NO3.BrH/c1-14(2)21(3)16-9-10-17(21)12-18(11-16)24-20(23)19(13-22)15-7-5-4-6-8-15;/h4-8,14,16-19,22H,9-13H2,1-3H3;1H/q+1;/p-1/t16-,17-,18?,19+,21?;/m1./s1. The third kappa shape index (κ3) is 3.79. The molecule has 2 saturated heterocycles. The first-order valence-electron chi connectivity index (χ1n) is 9.18. The molecule has 1 N–H and O–H groups in total. The molecule has 3 atom stereocenters. The Hall–Kier alpha value is -0.910. The van der Waals surface area contributed by atoms with E-state index >= 15 is 0 Å². The van der Waals surface area contributed by atoms with Crippen LogP contribution in [0.15, 0.2) is 30.3 Å². The number of carbonyl (C=O) groups excluding carboxylic acids is 1. The molecule has 0 saturated carbocycles. The second-order valence-electron chi connectivity index (χ2n) is 7.88. The number of nitrogens with zero attached hydrogens (tertiary/aromatic N) is 1. The second-order valence-corrected chi connectivity index (χ2v) is 7.88. The summed E-state index contributed by atoms with van der Waals surface area (Å²) in [5, 5.41) is 9.65. The Kier molecular flexibility index (Phi) is 6.68. The van der Waals surface area contributed by atoms with E-state index in [2.05, 4.69) is 20.9 Å². The third-order valence-corrected chi connectivity index (χ3v) is 6.54. The molecule has 25 heavy (non-hydrogen) atoms. The van der Waals surface area contributed by atoms with E-state index in [4.69, 9.17) is 4.74 Å². The molecule has 2 bridgehead atoms. The minimum atomic E-state index is -0.572. The summed E-state index contributed by atoms with van der Waals surface area (Å²) in [7, 11) is 2.37. The molecule has 140 valence electrons. The van der Waals surface area contributed by atoms with Gasteiger partial charge >= 0.3 is 5.97 Å². The minimum Gasteiger partial charge on any atom is -1.00 e. The van der Waals surface area contributed by atoms with Gasteiger partial charge in [-0.05, 0) is 19.4 Å². The van der Waals surface area contributed by atoms with Crippen molar-refractivity contribution in [1.82, 2.24) is 0 Å². The molecule has 1 aromatic carbocycles. The second kappa shape index (κ2) is 8.19. The molecule has 0 radical (unpaired) electrons. The highest BCUT2D eigenvalue weighted by atomic mass is 79.9. The van der Waals surface area contributed by atoms with Crippen LogP contribution in [0.2, 0.25) is 0 Å².